The van der Waals surface area contributed by atoms with Crippen molar-refractivity contribution in [1.82, 2.24) is 15.0 Å². The number of anilines is 2. The number of hydrogen-bond acceptors (Lipinski definition) is 8. The average Bonchev–Trinajstić information content (AvgIpc) is 2.91. The van der Waals surface area contributed by atoms with Crippen molar-refractivity contribution in [2.24, 2.45) is 0 Å². The Morgan fingerprint density at radius 2 is 1.60 bits per heavy atom. The van der Waals surface area contributed by atoms with E-state index in [4.69, 9.17) is 0 Å². The largest absolute Gasteiger partial charge is 0.325 e. The van der Waals surface area contributed by atoms with Gasteiger partial charge in [0.2, 0.25) is 11.9 Å². The highest BCUT2D eigenvalue weighted by Crippen LogP contribution is 2.30. The minimum absolute atomic E-state index is 0.00505. The molecule has 0 fully saturated rings. The van der Waals surface area contributed by atoms with Gasteiger partial charge in [0.1, 0.15) is 11.1 Å². The van der Waals surface area contributed by atoms with Crippen LogP contribution in [0.1, 0.15) is 35.9 Å². The van der Waals surface area contributed by atoms with Crippen molar-refractivity contribution in [1.29, 1.82) is 5.26 Å². The minimum Gasteiger partial charge on any atom is -0.325 e. The molecular formula is C29H28N6O3S2. The van der Waals surface area contributed by atoms with Crippen LogP contribution in [0.5, 0.6) is 0 Å². The van der Waals surface area contributed by atoms with Crippen molar-refractivity contribution in [3.05, 3.63) is 89.2 Å². The highest BCUT2D eigenvalue weighted by molar-refractivity contribution is 8.00. The number of aryl methyl sites for hydroxylation is 3. The molecule has 1 atom stereocenters. The SMILES string of the molecule is CCC(Sc1nc(-c2ccc(C)cc2)ccc1C#N)C(=O)Nc1ccc(S(=O)(=O)Nc2nc(C)cc(C)n2)cc1. The molecule has 4 aromatic rings. The summed E-state index contributed by atoms with van der Waals surface area (Å²) in [4.78, 5) is 26.1. The van der Waals surface area contributed by atoms with Gasteiger partial charge < -0.3 is 5.32 Å². The number of rotatable bonds is 9. The number of nitrogens with one attached hydrogen (secondary N) is 2. The molecule has 2 N–H and O–H groups in total. The van der Waals surface area contributed by atoms with Crippen LogP contribution in [0.3, 0.4) is 0 Å². The van der Waals surface area contributed by atoms with Gasteiger partial charge in [-0.05, 0) is 69.7 Å². The summed E-state index contributed by atoms with van der Waals surface area (Å²) in [5, 5.41) is 12.4. The maximum Gasteiger partial charge on any atom is 0.264 e. The molecule has 40 heavy (non-hydrogen) atoms. The third-order valence-electron chi connectivity index (χ3n) is 5.89. The number of carbonyl (C=O) groups excluding carboxylic acids is 1. The lowest BCUT2D eigenvalue weighted by atomic mass is 10.1. The van der Waals surface area contributed by atoms with Crippen molar-refractivity contribution in [2.75, 3.05) is 10.0 Å². The molecule has 0 saturated heterocycles. The Hall–Kier alpha value is -4.27. The molecule has 0 saturated carbocycles. The van der Waals surface area contributed by atoms with E-state index in [9.17, 15) is 18.5 Å². The molecular weight excluding hydrogens is 544 g/mol. The van der Waals surface area contributed by atoms with Crippen LogP contribution in [0.2, 0.25) is 0 Å². The smallest absolute Gasteiger partial charge is 0.264 e. The van der Waals surface area contributed by atoms with Gasteiger partial charge in [0.15, 0.2) is 0 Å². The third kappa shape index (κ3) is 7.02. The van der Waals surface area contributed by atoms with E-state index in [0.29, 0.717) is 39.8 Å². The Kier molecular flexibility index (Phi) is 8.82. The summed E-state index contributed by atoms with van der Waals surface area (Å²) in [6.07, 6.45) is 0.490. The van der Waals surface area contributed by atoms with E-state index >= 15 is 0 Å². The first-order valence-electron chi connectivity index (χ1n) is 12.5. The fourth-order valence-corrected chi connectivity index (χ4v) is 5.79. The second-order valence-electron chi connectivity index (χ2n) is 9.14. The second-order valence-corrected chi connectivity index (χ2v) is 12.0. The monoisotopic (exact) mass is 572 g/mol. The van der Waals surface area contributed by atoms with Gasteiger partial charge in [-0.25, -0.2) is 28.1 Å². The summed E-state index contributed by atoms with van der Waals surface area (Å²) in [6, 6.07) is 21.2. The summed E-state index contributed by atoms with van der Waals surface area (Å²) < 4.78 is 28.0. The molecule has 0 aliphatic heterocycles. The molecule has 0 aliphatic rings. The van der Waals surface area contributed by atoms with Crippen LogP contribution in [0.4, 0.5) is 11.6 Å². The summed E-state index contributed by atoms with van der Waals surface area (Å²) in [6.45, 7) is 7.39. The lowest BCUT2D eigenvalue weighted by molar-refractivity contribution is -0.115. The van der Waals surface area contributed by atoms with E-state index in [-0.39, 0.29) is 16.8 Å². The zero-order valence-corrected chi connectivity index (χ0v) is 24.1. The molecule has 1 amide bonds. The maximum atomic E-state index is 13.1. The fourth-order valence-electron chi connectivity index (χ4n) is 3.85. The molecule has 0 aliphatic carbocycles. The topological polar surface area (TPSA) is 138 Å². The summed E-state index contributed by atoms with van der Waals surface area (Å²) >= 11 is 1.22. The molecule has 4 rings (SSSR count). The van der Waals surface area contributed by atoms with E-state index in [1.165, 1.54) is 36.0 Å². The normalized spacial score (nSPS) is 11.9. The number of hydrogen-bond donors (Lipinski definition) is 2. The minimum atomic E-state index is -3.92. The molecule has 0 radical (unpaired) electrons. The van der Waals surface area contributed by atoms with Gasteiger partial charge in [-0.15, -0.1) is 0 Å². The van der Waals surface area contributed by atoms with E-state index < -0.39 is 15.3 Å². The van der Waals surface area contributed by atoms with Gasteiger partial charge in [0.25, 0.3) is 10.0 Å². The van der Waals surface area contributed by atoms with Gasteiger partial charge in [-0.2, -0.15) is 5.26 Å². The number of nitrogens with zero attached hydrogens (tertiary/aromatic N) is 4. The molecule has 204 valence electrons. The Morgan fingerprint density at radius 1 is 0.950 bits per heavy atom. The van der Waals surface area contributed by atoms with Crippen LogP contribution < -0.4 is 10.0 Å². The first-order chi connectivity index (χ1) is 19.1. The van der Waals surface area contributed by atoms with Crippen LogP contribution >= 0.6 is 11.8 Å². The number of carbonyl (C=O) groups is 1. The quantitative estimate of drug-likeness (QED) is 0.246. The number of sulfonamides is 1. The number of thioether (sulfide) groups is 1. The van der Waals surface area contributed by atoms with E-state index in [1.54, 1.807) is 32.0 Å². The molecule has 1 unspecified atom stereocenters. The molecule has 0 spiro atoms. The molecule has 2 aromatic carbocycles. The standard InChI is InChI=1S/C29H28N6O3S2/c1-5-26(39-28-22(17-30)10-15-25(34-28)21-8-6-18(2)7-9-21)27(36)33-23-11-13-24(14-12-23)40(37,38)35-29-31-19(3)16-20(4)32-29/h6-16,26H,5H2,1-4H3,(H,33,36)(H,31,32,35). The molecule has 11 heteroatoms. The third-order valence-corrected chi connectivity index (χ3v) is 8.60. The molecule has 2 aromatic heterocycles. The number of nitriles is 1. The summed E-state index contributed by atoms with van der Waals surface area (Å²) in [5.41, 5.74) is 4.88. The second kappa shape index (κ2) is 12.3. The van der Waals surface area contributed by atoms with E-state index in [1.807, 2.05) is 38.1 Å². The van der Waals surface area contributed by atoms with Gasteiger partial charge in [0, 0.05) is 22.6 Å². The lowest BCUT2D eigenvalue weighted by Gasteiger charge is -2.16. The predicted molar refractivity (Wildman–Crippen MR) is 156 cm³/mol. The predicted octanol–water partition coefficient (Wildman–Crippen LogP) is 5.65. The summed E-state index contributed by atoms with van der Waals surface area (Å²) in [7, 11) is -3.92. The Balaban J connectivity index is 1.47. The zero-order chi connectivity index (χ0) is 28.9. The van der Waals surface area contributed by atoms with Crippen LogP contribution in [0.25, 0.3) is 11.3 Å². The number of amides is 1. The van der Waals surface area contributed by atoms with Crippen LogP contribution in [-0.4, -0.2) is 34.5 Å². The van der Waals surface area contributed by atoms with Crippen molar-refractivity contribution in [3.8, 4) is 17.3 Å². The van der Waals surface area contributed by atoms with Gasteiger partial charge in [-0.3, -0.25) is 4.79 Å². The first kappa shape index (κ1) is 28.7. The highest BCUT2D eigenvalue weighted by atomic mass is 32.2. The molecule has 0 bridgehead atoms. The molecule has 9 nitrogen and oxygen atoms in total. The van der Waals surface area contributed by atoms with Gasteiger partial charge in [0.05, 0.1) is 21.4 Å². The number of pyridine rings is 1. The summed E-state index contributed by atoms with van der Waals surface area (Å²) in [5.74, 6) is -0.286. The Labute approximate surface area is 238 Å². The van der Waals surface area contributed by atoms with Crippen LogP contribution in [-0.2, 0) is 14.8 Å². The van der Waals surface area contributed by atoms with Gasteiger partial charge in [-0.1, -0.05) is 48.5 Å². The van der Waals surface area contributed by atoms with Crippen molar-refractivity contribution >= 4 is 39.3 Å². The maximum absolute atomic E-state index is 13.1. The molecule has 2 heterocycles. The average molecular weight is 573 g/mol. The van der Waals surface area contributed by atoms with Crippen molar-refractivity contribution in [3.63, 3.8) is 0 Å². The van der Waals surface area contributed by atoms with Crippen LogP contribution in [0.15, 0.2) is 76.7 Å². The van der Waals surface area contributed by atoms with Crippen molar-refractivity contribution in [2.45, 2.75) is 49.3 Å². The number of aromatic nitrogens is 3. The van der Waals surface area contributed by atoms with Crippen LogP contribution in [0, 0.1) is 32.1 Å². The van der Waals surface area contributed by atoms with Gasteiger partial charge >= 0.3 is 0 Å². The van der Waals surface area contributed by atoms with E-state index in [0.717, 1.165) is 11.1 Å². The number of benzene rings is 2. The zero-order valence-electron chi connectivity index (χ0n) is 22.5. The Bertz CT molecular complexity index is 1660. The fraction of sp³-hybridized carbons (Fsp3) is 0.207. The highest BCUT2D eigenvalue weighted by Gasteiger charge is 2.22. The van der Waals surface area contributed by atoms with Crippen molar-refractivity contribution < 1.29 is 13.2 Å². The lowest BCUT2D eigenvalue weighted by Crippen LogP contribution is -2.25. The van der Waals surface area contributed by atoms with E-state index in [2.05, 4.69) is 31.1 Å². The Morgan fingerprint density at radius 3 is 2.20 bits per heavy atom. The first-order valence-corrected chi connectivity index (χ1v) is 14.8.